The van der Waals surface area contributed by atoms with Crippen molar-refractivity contribution in [2.75, 3.05) is 13.7 Å². The van der Waals surface area contributed by atoms with Gasteiger partial charge in [0.2, 0.25) is 0 Å². The number of ether oxygens (including phenoxy) is 1. The molecule has 0 saturated heterocycles. The fourth-order valence-electron chi connectivity index (χ4n) is 1.06. The normalized spacial score (nSPS) is 12.5. The molecule has 1 aromatic heterocycles. The Morgan fingerprint density at radius 1 is 1.71 bits per heavy atom. The highest BCUT2D eigenvalue weighted by atomic mass is 32.1. The summed E-state index contributed by atoms with van der Waals surface area (Å²) >= 11 is 1.50. The fourth-order valence-corrected chi connectivity index (χ4v) is 1.99. The molecule has 0 aromatic carbocycles. The molecule has 0 radical (unpaired) electrons. The second kappa shape index (κ2) is 5.09. The lowest BCUT2D eigenvalue weighted by molar-refractivity contribution is 0.0601. The Morgan fingerprint density at radius 2 is 2.43 bits per heavy atom. The minimum atomic E-state index is -0.312. The van der Waals surface area contributed by atoms with E-state index in [4.69, 9.17) is 5.90 Å². The zero-order chi connectivity index (χ0) is 10.6. The molecule has 0 spiro atoms. The van der Waals surface area contributed by atoms with Crippen molar-refractivity contribution in [1.82, 2.24) is 0 Å². The van der Waals surface area contributed by atoms with Crippen LogP contribution in [0.25, 0.3) is 0 Å². The first-order valence-electron chi connectivity index (χ1n) is 4.17. The van der Waals surface area contributed by atoms with Crippen LogP contribution in [0.3, 0.4) is 0 Å². The number of thiophene rings is 1. The summed E-state index contributed by atoms with van der Waals surface area (Å²) in [5.74, 6) is 4.86. The number of rotatable bonds is 4. The van der Waals surface area contributed by atoms with Crippen molar-refractivity contribution in [3.05, 3.63) is 21.9 Å². The topological polar surface area (TPSA) is 61.5 Å². The van der Waals surface area contributed by atoms with E-state index < -0.39 is 0 Å². The van der Waals surface area contributed by atoms with Gasteiger partial charge in [0, 0.05) is 16.2 Å². The number of carbonyl (C=O) groups is 1. The van der Waals surface area contributed by atoms with E-state index in [1.807, 2.05) is 6.92 Å². The summed E-state index contributed by atoms with van der Waals surface area (Å²) in [5.41, 5.74) is 0.580. The predicted molar refractivity (Wildman–Crippen MR) is 54.2 cm³/mol. The highest BCUT2D eigenvalue weighted by Gasteiger charge is 2.12. The van der Waals surface area contributed by atoms with E-state index in [2.05, 4.69) is 9.57 Å². The first kappa shape index (κ1) is 11.2. The standard InChI is InChI=1S/C9H13NO3S/c1-6(4-13-10)8-3-7(5-14-8)9(11)12-2/h3,5-6H,4,10H2,1-2H3. The van der Waals surface area contributed by atoms with E-state index in [0.29, 0.717) is 12.2 Å². The van der Waals surface area contributed by atoms with Crippen LogP contribution in [0, 0.1) is 0 Å². The summed E-state index contributed by atoms with van der Waals surface area (Å²) in [6, 6.07) is 1.81. The van der Waals surface area contributed by atoms with Gasteiger partial charge in [-0.15, -0.1) is 11.3 Å². The second-order valence-corrected chi connectivity index (χ2v) is 3.91. The maximum absolute atomic E-state index is 11.1. The summed E-state index contributed by atoms with van der Waals surface area (Å²) in [5, 5.41) is 1.77. The molecule has 78 valence electrons. The third kappa shape index (κ3) is 2.54. The molecule has 5 heteroatoms. The van der Waals surface area contributed by atoms with Gasteiger partial charge in [0.05, 0.1) is 19.3 Å². The number of carbonyl (C=O) groups excluding carboxylic acids is 1. The van der Waals surface area contributed by atoms with Crippen molar-refractivity contribution in [1.29, 1.82) is 0 Å². The summed E-state index contributed by atoms with van der Waals surface area (Å²) in [7, 11) is 1.37. The van der Waals surface area contributed by atoms with Gasteiger partial charge in [0.1, 0.15) is 0 Å². The SMILES string of the molecule is COC(=O)c1csc(C(C)CON)c1. The molecule has 0 aliphatic carbocycles. The third-order valence-corrected chi connectivity index (χ3v) is 3.04. The van der Waals surface area contributed by atoms with Crippen LogP contribution in [0.15, 0.2) is 11.4 Å². The minimum Gasteiger partial charge on any atom is -0.465 e. The van der Waals surface area contributed by atoms with Crippen LogP contribution >= 0.6 is 11.3 Å². The van der Waals surface area contributed by atoms with Gasteiger partial charge in [-0.3, -0.25) is 0 Å². The molecular formula is C9H13NO3S. The zero-order valence-electron chi connectivity index (χ0n) is 8.15. The van der Waals surface area contributed by atoms with Gasteiger partial charge >= 0.3 is 5.97 Å². The molecule has 0 aliphatic heterocycles. The van der Waals surface area contributed by atoms with Crippen molar-refractivity contribution in [3.63, 3.8) is 0 Å². The van der Waals surface area contributed by atoms with Gasteiger partial charge in [-0.05, 0) is 6.07 Å². The van der Waals surface area contributed by atoms with Crippen molar-refractivity contribution >= 4 is 17.3 Å². The molecule has 0 saturated carbocycles. The molecule has 2 N–H and O–H groups in total. The Balaban J connectivity index is 2.72. The molecule has 14 heavy (non-hydrogen) atoms. The van der Waals surface area contributed by atoms with E-state index in [1.54, 1.807) is 11.4 Å². The molecule has 1 aromatic rings. The van der Waals surface area contributed by atoms with Crippen LogP contribution in [0.5, 0.6) is 0 Å². The second-order valence-electron chi connectivity index (χ2n) is 2.96. The Hall–Kier alpha value is -0.910. The quantitative estimate of drug-likeness (QED) is 0.611. The molecule has 0 fully saturated rings. The van der Waals surface area contributed by atoms with Crippen molar-refractivity contribution < 1.29 is 14.4 Å². The predicted octanol–water partition coefficient (Wildman–Crippen LogP) is 1.53. The van der Waals surface area contributed by atoms with Crippen molar-refractivity contribution in [2.45, 2.75) is 12.8 Å². The highest BCUT2D eigenvalue weighted by molar-refractivity contribution is 7.10. The van der Waals surface area contributed by atoms with E-state index in [0.717, 1.165) is 4.88 Å². The van der Waals surface area contributed by atoms with Crippen LogP contribution < -0.4 is 5.90 Å². The van der Waals surface area contributed by atoms with Gasteiger partial charge in [-0.2, -0.15) is 0 Å². The van der Waals surface area contributed by atoms with Gasteiger partial charge < -0.3 is 9.57 Å². The molecule has 4 nitrogen and oxygen atoms in total. The van der Waals surface area contributed by atoms with E-state index in [-0.39, 0.29) is 11.9 Å². The zero-order valence-corrected chi connectivity index (χ0v) is 8.97. The lowest BCUT2D eigenvalue weighted by atomic mass is 10.1. The average molecular weight is 215 g/mol. The van der Waals surface area contributed by atoms with E-state index in [1.165, 1.54) is 18.4 Å². The van der Waals surface area contributed by atoms with Gasteiger partial charge in [-0.1, -0.05) is 6.92 Å². The monoisotopic (exact) mass is 215 g/mol. The number of nitrogens with two attached hydrogens (primary N) is 1. The Labute approximate surface area is 86.6 Å². The lowest BCUT2D eigenvalue weighted by Gasteiger charge is -2.05. The maximum atomic E-state index is 11.1. The molecule has 0 aliphatic rings. The molecule has 1 atom stereocenters. The molecule has 1 unspecified atom stereocenters. The first-order valence-corrected chi connectivity index (χ1v) is 5.05. The van der Waals surface area contributed by atoms with Crippen LogP contribution in [0.2, 0.25) is 0 Å². The van der Waals surface area contributed by atoms with Gasteiger partial charge in [-0.25, -0.2) is 10.7 Å². The lowest BCUT2D eigenvalue weighted by Crippen LogP contribution is -2.07. The number of hydrogen-bond donors (Lipinski definition) is 1. The summed E-state index contributed by atoms with van der Waals surface area (Å²) in [6.45, 7) is 2.43. The van der Waals surface area contributed by atoms with Crippen LogP contribution in [0.4, 0.5) is 0 Å². The first-order chi connectivity index (χ1) is 6.69. The van der Waals surface area contributed by atoms with E-state index in [9.17, 15) is 4.79 Å². The Morgan fingerprint density at radius 3 is 3.00 bits per heavy atom. The van der Waals surface area contributed by atoms with Gasteiger partial charge in [0.25, 0.3) is 0 Å². The molecule has 1 rings (SSSR count). The summed E-state index contributed by atoms with van der Waals surface area (Å²) in [6.07, 6.45) is 0. The molecule has 0 amide bonds. The summed E-state index contributed by atoms with van der Waals surface area (Å²) in [4.78, 5) is 16.7. The number of methoxy groups -OCH3 is 1. The fraction of sp³-hybridized carbons (Fsp3) is 0.444. The number of esters is 1. The molecular weight excluding hydrogens is 202 g/mol. The van der Waals surface area contributed by atoms with Crippen molar-refractivity contribution in [2.24, 2.45) is 5.90 Å². The Bertz CT molecular complexity index is 311. The van der Waals surface area contributed by atoms with Crippen LogP contribution in [-0.4, -0.2) is 19.7 Å². The van der Waals surface area contributed by atoms with Crippen LogP contribution in [0.1, 0.15) is 28.1 Å². The summed E-state index contributed by atoms with van der Waals surface area (Å²) < 4.78 is 4.60. The maximum Gasteiger partial charge on any atom is 0.338 e. The Kier molecular flexibility index (Phi) is 4.06. The molecule has 0 bridgehead atoms. The van der Waals surface area contributed by atoms with Crippen molar-refractivity contribution in [3.8, 4) is 0 Å². The van der Waals surface area contributed by atoms with Crippen LogP contribution in [-0.2, 0) is 9.57 Å². The van der Waals surface area contributed by atoms with E-state index >= 15 is 0 Å². The minimum absolute atomic E-state index is 0.198. The average Bonchev–Trinajstić information content (AvgIpc) is 2.66. The third-order valence-electron chi connectivity index (χ3n) is 1.87. The van der Waals surface area contributed by atoms with Gasteiger partial charge in [0.15, 0.2) is 0 Å². The smallest absolute Gasteiger partial charge is 0.338 e. The highest BCUT2D eigenvalue weighted by Crippen LogP contribution is 2.24. The molecule has 1 heterocycles. The number of hydrogen-bond acceptors (Lipinski definition) is 5. The largest absolute Gasteiger partial charge is 0.465 e.